The molecule has 0 atom stereocenters. The second-order valence-corrected chi connectivity index (χ2v) is 7.33. The lowest BCUT2D eigenvalue weighted by Gasteiger charge is -2.09. The van der Waals surface area contributed by atoms with Gasteiger partial charge in [-0.05, 0) is 36.8 Å². The van der Waals surface area contributed by atoms with Crippen LogP contribution in [0.1, 0.15) is 22.8 Å². The Morgan fingerprint density at radius 3 is 2.56 bits per heavy atom. The summed E-state index contributed by atoms with van der Waals surface area (Å²) < 4.78 is 23.7. The van der Waals surface area contributed by atoms with Gasteiger partial charge in [0.2, 0.25) is 0 Å². The molecule has 0 aliphatic carbocycles. The maximum absolute atomic E-state index is 13.3. The van der Waals surface area contributed by atoms with Crippen LogP contribution in [0, 0.1) is 17.1 Å². The number of hydrogen-bond donors (Lipinski definition) is 1. The van der Waals surface area contributed by atoms with Crippen molar-refractivity contribution >= 4 is 34.3 Å². The fourth-order valence-electron chi connectivity index (χ4n) is 2.96. The number of halogens is 1. The maximum Gasteiger partial charge on any atom is 0.341 e. The zero-order valence-electron chi connectivity index (χ0n) is 17.3. The van der Waals surface area contributed by atoms with Crippen LogP contribution < -0.4 is 10.1 Å². The molecule has 3 aromatic rings. The fraction of sp³-hybridized carbons (Fsp3) is 0.125. The Morgan fingerprint density at radius 2 is 1.91 bits per heavy atom. The Bertz CT molecular complexity index is 1210. The van der Waals surface area contributed by atoms with Crippen molar-refractivity contribution in [2.45, 2.75) is 6.92 Å². The number of para-hydroxylation sites is 1. The Kier molecular flexibility index (Phi) is 7.37. The van der Waals surface area contributed by atoms with E-state index in [-0.39, 0.29) is 22.7 Å². The van der Waals surface area contributed by atoms with Gasteiger partial charge in [-0.1, -0.05) is 30.3 Å². The zero-order valence-corrected chi connectivity index (χ0v) is 18.2. The molecule has 2 aromatic carbocycles. The molecule has 1 N–H and O–H groups in total. The third-order valence-electron chi connectivity index (χ3n) is 4.46. The van der Waals surface area contributed by atoms with E-state index in [1.54, 1.807) is 36.6 Å². The van der Waals surface area contributed by atoms with Gasteiger partial charge in [-0.25, -0.2) is 9.18 Å². The van der Waals surface area contributed by atoms with Crippen LogP contribution in [0.25, 0.3) is 17.2 Å². The van der Waals surface area contributed by atoms with Crippen LogP contribution >= 0.6 is 11.3 Å². The molecular formula is C24H19FN2O4S. The highest BCUT2D eigenvalue weighted by Crippen LogP contribution is 2.36. The summed E-state index contributed by atoms with van der Waals surface area (Å²) in [4.78, 5) is 25.5. The normalized spacial score (nSPS) is 10.9. The number of amides is 1. The number of carbonyl (C=O) groups excluding carboxylic acids is 2. The van der Waals surface area contributed by atoms with Gasteiger partial charge < -0.3 is 14.8 Å². The predicted octanol–water partition coefficient (Wildman–Crippen LogP) is 5.29. The molecule has 1 amide bonds. The van der Waals surface area contributed by atoms with E-state index in [1.165, 1.54) is 37.5 Å². The summed E-state index contributed by atoms with van der Waals surface area (Å²) in [5.74, 6) is -1.21. The van der Waals surface area contributed by atoms with E-state index >= 15 is 0 Å². The summed E-state index contributed by atoms with van der Waals surface area (Å²) >= 11 is 1.11. The molecule has 0 spiro atoms. The van der Waals surface area contributed by atoms with Gasteiger partial charge in [0.15, 0.2) is 0 Å². The van der Waals surface area contributed by atoms with E-state index in [2.05, 4.69) is 5.32 Å². The molecule has 32 heavy (non-hydrogen) atoms. The van der Waals surface area contributed by atoms with Crippen molar-refractivity contribution in [3.63, 3.8) is 0 Å². The summed E-state index contributed by atoms with van der Waals surface area (Å²) in [7, 11) is 1.49. The number of thiophene rings is 1. The highest BCUT2D eigenvalue weighted by molar-refractivity contribution is 7.15. The number of carbonyl (C=O) groups is 2. The minimum Gasteiger partial charge on any atom is -0.496 e. The number of nitriles is 1. The van der Waals surface area contributed by atoms with Crippen molar-refractivity contribution in [1.82, 2.24) is 0 Å². The Hall–Kier alpha value is -3.96. The summed E-state index contributed by atoms with van der Waals surface area (Å²) in [5.41, 5.74) is 1.63. The van der Waals surface area contributed by atoms with Crippen molar-refractivity contribution in [1.29, 1.82) is 5.26 Å². The monoisotopic (exact) mass is 450 g/mol. The van der Waals surface area contributed by atoms with Crippen molar-refractivity contribution in [3.8, 4) is 22.9 Å². The third-order valence-corrected chi connectivity index (χ3v) is 5.35. The van der Waals surface area contributed by atoms with Crippen LogP contribution in [0.2, 0.25) is 0 Å². The second-order valence-electron chi connectivity index (χ2n) is 6.45. The Balaban J connectivity index is 1.97. The van der Waals surface area contributed by atoms with E-state index in [0.29, 0.717) is 22.4 Å². The minimum absolute atomic E-state index is 0.141. The van der Waals surface area contributed by atoms with E-state index in [9.17, 15) is 19.2 Å². The standard InChI is InChI=1S/C24H19FN2O4S/c1-3-31-24(29)21-19(15-8-10-18(25)11-9-15)14-32-23(21)27-22(28)17(13-26)12-16-6-4-5-7-20(16)30-2/h4-12,14H,3H2,1-2H3,(H,27,28)/b17-12-. The molecule has 0 radical (unpaired) electrons. The number of methoxy groups -OCH3 is 1. The highest BCUT2D eigenvalue weighted by atomic mass is 32.1. The molecule has 3 rings (SSSR count). The Morgan fingerprint density at radius 1 is 1.19 bits per heavy atom. The number of anilines is 1. The van der Waals surface area contributed by atoms with Crippen LogP contribution in [0.3, 0.4) is 0 Å². The van der Waals surface area contributed by atoms with Gasteiger partial charge in [-0.3, -0.25) is 4.79 Å². The van der Waals surface area contributed by atoms with Gasteiger partial charge in [0, 0.05) is 16.5 Å². The number of nitrogens with zero attached hydrogens (tertiary/aromatic N) is 1. The molecule has 162 valence electrons. The molecular weight excluding hydrogens is 431 g/mol. The molecule has 0 aliphatic heterocycles. The van der Waals surface area contributed by atoms with Gasteiger partial charge in [0.1, 0.15) is 33.8 Å². The lowest BCUT2D eigenvalue weighted by molar-refractivity contribution is -0.112. The van der Waals surface area contributed by atoms with Crippen molar-refractivity contribution in [2.75, 3.05) is 19.0 Å². The molecule has 1 aromatic heterocycles. The van der Waals surface area contributed by atoms with Gasteiger partial charge in [-0.15, -0.1) is 11.3 Å². The van der Waals surface area contributed by atoms with Crippen LogP contribution in [0.5, 0.6) is 5.75 Å². The minimum atomic E-state index is -0.684. The maximum atomic E-state index is 13.3. The number of esters is 1. The first-order chi connectivity index (χ1) is 15.5. The van der Waals surface area contributed by atoms with E-state index in [1.807, 2.05) is 6.07 Å². The molecule has 0 aliphatic rings. The first kappa shape index (κ1) is 22.7. The third kappa shape index (κ3) is 5.02. The number of rotatable bonds is 7. The van der Waals surface area contributed by atoms with Crippen LogP contribution in [0.4, 0.5) is 9.39 Å². The van der Waals surface area contributed by atoms with Crippen molar-refractivity contribution in [3.05, 3.63) is 76.4 Å². The van der Waals surface area contributed by atoms with E-state index < -0.39 is 17.7 Å². The average Bonchev–Trinajstić information content (AvgIpc) is 3.21. The highest BCUT2D eigenvalue weighted by Gasteiger charge is 2.24. The second kappa shape index (κ2) is 10.4. The SMILES string of the molecule is CCOC(=O)c1c(-c2ccc(F)cc2)csc1NC(=O)/C(C#N)=C\c1ccccc1OC. The van der Waals surface area contributed by atoms with Crippen LogP contribution in [0.15, 0.2) is 59.5 Å². The van der Waals surface area contributed by atoms with Gasteiger partial charge in [0.25, 0.3) is 5.91 Å². The number of nitrogens with one attached hydrogen (secondary N) is 1. The molecule has 8 heteroatoms. The smallest absolute Gasteiger partial charge is 0.341 e. The lowest BCUT2D eigenvalue weighted by Crippen LogP contribution is -2.16. The molecule has 6 nitrogen and oxygen atoms in total. The summed E-state index contributed by atoms with van der Waals surface area (Å²) in [5, 5.41) is 14.1. The van der Waals surface area contributed by atoms with Crippen LogP contribution in [-0.2, 0) is 9.53 Å². The number of hydrogen-bond acceptors (Lipinski definition) is 6. The summed E-state index contributed by atoms with van der Waals surface area (Å²) in [6.45, 7) is 1.81. The fourth-order valence-corrected chi connectivity index (χ4v) is 3.91. The van der Waals surface area contributed by atoms with Crippen LogP contribution in [-0.4, -0.2) is 25.6 Å². The summed E-state index contributed by atoms with van der Waals surface area (Å²) in [6.07, 6.45) is 1.41. The Labute approximate surface area is 188 Å². The van der Waals surface area contributed by atoms with Gasteiger partial charge in [0.05, 0.1) is 13.7 Å². The van der Waals surface area contributed by atoms with Crippen molar-refractivity contribution in [2.24, 2.45) is 0 Å². The van der Waals surface area contributed by atoms with Gasteiger partial charge >= 0.3 is 5.97 Å². The van der Waals surface area contributed by atoms with Crippen molar-refractivity contribution < 1.29 is 23.5 Å². The molecule has 0 unspecified atom stereocenters. The molecule has 0 saturated heterocycles. The summed E-state index contributed by atoms with van der Waals surface area (Å²) in [6, 6.07) is 14.5. The average molecular weight is 450 g/mol. The van der Waals surface area contributed by atoms with E-state index in [0.717, 1.165) is 11.3 Å². The number of ether oxygens (including phenoxy) is 2. The predicted molar refractivity (Wildman–Crippen MR) is 121 cm³/mol. The molecule has 1 heterocycles. The molecule has 0 saturated carbocycles. The molecule has 0 fully saturated rings. The first-order valence-electron chi connectivity index (χ1n) is 9.59. The topological polar surface area (TPSA) is 88.4 Å². The quantitative estimate of drug-likeness (QED) is 0.300. The van der Waals surface area contributed by atoms with Gasteiger partial charge in [-0.2, -0.15) is 5.26 Å². The number of benzene rings is 2. The largest absolute Gasteiger partial charge is 0.496 e. The first-order valence-corrected chi connectivity index (χ1v) is 10.5. The lowest BCUT2D eigenvalue weighted by atomic mass is 10.0. The van der Waals surface area contributed by atoms with E-state index in [4.69, 9.17) is 9.47 Å². The zero-order chi connectivity index (χ0) is 23.1. The molecule has 0 bridgehead atoms.